The predicted molar refractivity (Wildman–Crippen MR) is 127 cm³/mol. The summed E-state index contributed by atoms with van der Waals surface area (Å²) in [5.41, 5.74) is 1.29. The first-order valence-electron chi connectivity index (χ1n) is 10.7. The van der Waals surface area contributed by atoms with E-state index in [9.17, 15) is 9.90 Å². The van der Waals surface area contributed by atoms with Crippen LogP contribution in [0.1, 0.15) is 29.5 Å². The van der Waals surface area contributed by atoms with E-state index in [-0.39, 0.29) is 18.6 Å². The molecule has 0 unspecified atom stereocenters. The molecule has 0 spiro atoms. The topological polar surface area (TPSA) is 49.8 Å². The van der Waals surface area contributed by atoms with Gasteiger partial charge in [0.05, 0.1) is 0 Å². The van der Waals surface area contributed by atoms with Crippen LogP contribution in [-0.4, -0.2) is 29.2 Å². The summed E-state index contributed by atoms with van der Waals surface area (Å²) in [5.74, 6) is -0.0805. The van der Waals surface area contributed by atoms with Crippen molar-refractivity contribution < 1.29 is 14.6 Å². The molecule has 0 saturated carbocycles. The van der Waals surface area contributed by atoms with Crippen molar-refractivity contribution in [1.29, 1.82) is 0 Å². The van der Waals surface area contributed by atoms with E-state index < -0.39 is 5.60 Å². The lowest BCUT2D eigenvalue weighted by atomic mass is 9.72. The van der Waals surface area contributed by atoms with Gasteiger partial charge in [0.2, 0.25) is 0 Å². The van der Waals surface area contributed by atoms with E-state index in [0.717, 1.165) is 16.7 Å². The molecule has 1 fully saturated rings. The van der Waals surface area contributed by atoms with Crippen molar-refractivity contribution >= 4 is 29.3 Å². The van der Waals surface area contributed by atoms with Crippen molar-refractivity contribution in [3.63, 3.8) is 0 Å². The molecule has 166 valence electrons. The van der Waals surface area contributed by atoms with E-state index in [2.05, 4.69) is 0 Å². The predicted octanol–water partition coefficient (Wildman–Crippen LogP) is 6.28. The minimum Gasteiger partial charge on any atom is -0.445 e. The van der Waals surface area contributed by atoms with E-state index in [1.165, 1.54) is 0 Å². The molecule has 1 heterocycles. The van der Waals surface area contributed by atoms with E-state index in [1.54, 1.807) is 29.2 Å². The van der Waals surface area contributed by atoms with Gasteiger partial charge in [0, 0.05) is 23.1 Å². The molecule has 1 N–H and O–H groups in total. The Kier molecular flexibility index (Phi) is 7.04. The fraction of sp³-hybridized carbons (Fsp3) is 0.269. The number of nitrogens with zero attached hydrogens (tertiary/aromatic N) is 1. The molecule has 1 saturated heterocycles. The Bertz CT molecular complexity index is 985. The zero-order valence-corrected chi connectivity index (χ0v) is 19.1. The molecule has 6 heteroatoms. The maximum Gasteiger partial charge on any atom is 0.410 e. The van der Waals surface area contributed by atoms with Gasteiger partial charge in [0.1, 0.15) is 12.2 Å². The van der Waals surface area contributed by atoms with Crippen LogP contribution in [0.25, 0.3) is 0 Å². The van der Waals surface area contributed by atoms with Gasteiger partial charge < -0.3 is 14.7 Å². The van der Waals surface area contributed by atoms with Crippen molar-refractivity contribution in [1.82, 2.24) is 4.90 Å². The van der Waals surface area contributed by atoms with Gasteiger partial charge in [-0.2, -0.15) is 0 Å². The molecule has 3 aromatic rings. The van der Waals surface area contributed by atoms with Crippen LogP contribution >= 0.6 is 23.2 Å². The number of rotatable bonds is 5. The number of halogens is 2. The van der Waals surface area contributed by atoms with Gasteiger partial charge in [0.15, 0.2) is 0 Å². The number of aliphatic hydroxyl groups is 1. The first-order chi connectivity index (χ1) is 15.5. The quantitative estimate of drug-likeness (QED) is 0.478. The Labute approximate surface area is 198 Å². The highest BCUT2D eigenvalue weighted by Crippen LogP contribution is 2.42. The van der Waals surface area contributed by atoms with Crippen molar-refractivity contribution in [3.8, 4) is 0 Å². The van der Waals surface area contributed by atoms with Crippen LogP contribution in [0, 0.1) is 5.92 Å². The lowest BCUT2D eigenvalue weighted by molar-refractivity contribution is -0.0149. The Morgan fingerprint density at radius 2 is 1.38 bits per heavy atom. The first kappa shape index (κ1) is 22.7. The molecule has 0 bridgehead atoms. The summed E-state index contributed by atoms with van der Waals surface area (Å²) in [6.45, 7) is 1.28. The largest absolute Gasteiger partial charge is 0.445 e. The number of hydrogen-bond acceptors (Lipinski definition) is 3. The molecule has 0 aliphatic carbocycles. The van der Waals surface area contributed by atoms with E-state index >= 15 is 0 Å². The maximum absolute atomic E-state index is 12.6. The number of ether oxygens (including phenoxy) is 1. The molecule has 0 aromatic heterocycles. The van der Waals surface area contributed by atoms with Gasteiger partial charge in [-0.05, 0) is 59.7 Å². The molecular weight excluding hydrogens is 445 g/mol. The summed E-state index contributed by atoms with van der Waals surface area (Å²) < 4.78 is 5.48. The average molecular weight is 470 g/mol. The summed E-state index contributed by atoms with van der Waals surface area (Å²) in [6, 6.07) is 24.2. The first-order valence-corrected chi connectivity index (χ1v) is 11.4. The minimum absolute atomic E-state index is 0.0805. The molecule has 0 radical (unpaired) electrons. The van der Waals surface area contributed by atoms with Crippen LogP contribution < -0.4 is 0 Å². The lowest BCUT2D eigenvalue weighted by Gasteiger charge is -2.42. The highest BCUT2D eigenvalue weighted by molar-refractivity contribution is 6.30. The van der Waals surface area contributed by atoms with Gasteiger partial charge in [-0.25, -0.2) is 4.79 Å². The zero-order chi connectivity index (χ0) is 22.6. The molecule has 0 atom stereocenters. The number of piperidine rings is 1. The van der Waals surface area contributed by atoms with Crippen molar-refractivity contribution in [2.75, 3.05) is 13.1 Å². The van der Waals surface area contributed by atoms with Gasteiger partial charge >= 0.3 is 6.09 Å². The number of hydrogen-bond donors (Lipinski definition) is 1. The summed E-state index contributed by atoms with van der Waals surface area (Å²) in [6.07, 6.45) is 0.957. The fourth-order valence-electron chi connectivity index (χ4n) is 4.34. The third-order valence-electron chi connectivity index (χ3n) is 6.12. The van der Waals surface area contributed by atoms with Crippen molar-refractivity contribution in [3.05, 3.63) is 106 Å². The van der Waals surface area contributed by atoms with E-state index in [4.69, 9.17) is 27.9 Å². The van der Waals surface area contributed by atoms with Crippen LogP contribution in [0.3, 0.4) is 0 Å². The summed E-state index contributed by atoms with van der Waals surface area (Å²) in [7, 11) is 0. The Hall–Kier alpha value is -2.53. The number of carbonyl (C=O) groups excluding carboxylic acids is 1. The van der Waals surface area contributed by atoms with Crippen LogP contribution in [-0.2, 0) is 16.9 Å². The second-order valence-corrected chi connectivity index (χ2v) is 8.95. The third-order valence-corrected chi connectivity index (χ3v) is 6.62. The van der Waals surface area contributed by atoms with Crippen LogP contribution in [0.4, 0.5) is 4.79 Å². The molecule has 1 aliphatic rings. The highest BCUT2D eigenvalue weighted by atomic mass is 35.5. The lowest BCUT2D eigenvalue weighted by Crippen LogP contribution is -2.46. The summed E-state index contributed by atoms with van der Waals surface area (Å²) >= 11 is 12.2. The normalized spacial score (nSPS) is 14.9. The van der Waals surface area contributed by atoms with Gasteiger partial charge in [-0.1, -0.05) is 77.8 Å². The fourth-order valence-corrected chi connectivity index (χ4v) is 4.59. The van der Waals surface area contributed by atoms with E-state index in [1.807, 2.05) is 54.6 Å². The van der Waals surface area contributed by atoms with Crippen molar-refractivity contribution in [2.24, 2.45) is 5.92 Å². The molecule has 32 heavy (non-hydrogen) atoms. The van der Waals surface area contributed by atoms with Gasteiger partial charge in [0.25, 0.3) is 0 Å². The maximum atomic E-state index is 12.6. The average Bonchev–Trinajstić information content (AvgIpc) is 2.84. The number of benzene rings is 3. The molecule has 1 amide bonds. The highest BCUT2D eigenvalue weighted by Gasteiger charge is 2.42. The molecule has 4 rings (SSSR count). The monoisotopic (exact) mass is 469 g/mol. The SMILES string of the molecule is O=C(OCc1ccccc1)N1CCC(C(O)(c2ccc(Cl)cc2)c2ccc(Cl)cc2)CC1. The number of amides is 1. The molecule has 4 nitrogen and oxygen atoms in total. The van der Waals surface area contributed by atoms with Gasteiger partial charge in [-0.3, -0.25) is 0 Å². The number of likely N-dealkylation sites (tertiary alicyclic amines) is 1. The van der Waals surface area contributed by atoms with E-state index in [0.29, 0.717) is 36.0 Å². The zero-order valence-electron chi connectivity index (χ0n) is 17.6. The summed E-state index contributed by atoms with van der Waals surface area (Å²) in [4.78, 5) is 14.3. The summed E-state index contributed by atoms with van der Waals surface area (Å²) in [5, 5.41) is 13.2. The second-order valence-electron chi connectivity index (χ2n) is 8.08. The molecule has 1 aliphatic heterocycles. The minimum atomic E-state index is -1.21. The van der Waals surface area contributed by atoms with Crippen LogP contribution in [0.5, 0.6) is 0 Å². The number of carbonyl (C=O) groups is 1. The second kappa shape index (κ2) is 9.95. The Morgan fingerprint density at radius 3 is 1.88 bits per heavy atom. The van der Waals surface area contributed by atoms with Gasteiger partial charge in [-0.15, -0.1) is 0 Å². The Morgan fingerprint density at radius 1 is 0.875 bits per heavy atom. The molecular formula is C26H25Cl2NO3. The smallest absolute Gasteiger partial charge is 0.410 e. The van der Waals surface area contributed by atoms with Crippen LogP contribution in [0.2, 0.25) is 10.0 Å². The standard InChI is InChI=1S/C26H25Cl2NO3/c27-23-10-6-20(7-11-23)26(31,21-8-12-24(28)13-9-21)22-14-16-29(17-15-22)25(30)32-18-19-4-2-1-3-5-19/h1-13,22,31H,14-18H2. The Balaban J connectivity index is 1.48. The third kappa shape index (κ3) is 4.93. The van der Waals surface area contributed by atoms with Crippen molar-refractivity contribution in [2.45, 2.75) is 25.0 Å². The molecule has 3 aromatic carbocycles. The van der Waals surface area contributed by atoms with Crippen LogP contribution in [0.15, 0.2) is 78.9 Å².